The lowest BCUT2D eigenvalue weighted by Gasteiger charge is -2.26. The van der Waals surface area contributed by atoms with Crippen LogP contribution in [0.5, 0.6) is 0 Å². The standard InChI is InChI=1S/C11H21N7O4S/c12-22-23(21)14-2-1-10-9-17(11(15-10)18(19)20)8-7-16-5-3-13-4-6-16/h9,13,23H,1-8,12H2. The Morgan fingerprint density at radius 3 is 2.87 bits per heavy atom. The van der Waals surface area contributed by atoms with Crippen molar-refractivity contribution in [3.63, 3.8) is 0 Å². The summed E-state index contributed by atoms with van der Waals surface area (Å²) < 4.78 is 20.2. The highest BCUT2D eigenvalue weighted by Crippen LogP contribution is 2.13. The zero-order valence-electron chi connectivity index (χ0n) is 12.6. The summed E-state index contributed by atoms with van der Waals surface area (Å²) in [6, 6.07) is 0. The molecule has 1 atom stereocenters. The third-order valence-corrected chi connectivity index (χ3v) is 4.12. The summed E-state index contributed by atoms with van der Waals surface area (Å²) in [7, 11) is -2.23. The number of rotatable bonds is 8. The van der Waals surface area contributed by atoms with Crippen molar-refractivity contribution < 1.29 is 13.4 Å². The van der Waals surface area contributed by atoms with Gasteiger partial charge >= 0.3 is 5.95 Å². The molecule has 1 aromatic heterocycles. The Morgan fingerprint density at radius 1 is 1.48 bits per heavy atom. The number of nitrogens with zero attached hydrogens (tertiary/aromatic N) is 5. The third kappa shape index (κ3) is 5.51. The number of aromatic nitrogens is 2. The monoisotopic (exact) mass is 347 g/mol. The minimum atomic E-state index is -2.23. The Hall–Kier alpha value is -1.60. The van der Waals surface area contributed by atoms with Crippen LogP contribution in [0.3, 0.4) is 0 Å². The summed E-state index contributed by atoms with van der Waals surface area (Å²) >= 11 is 0. The normalized spacial score (nSPS) is 17.4. The molecule has 1 unspecified atom stereocenters. The molecule has 0 aliphatic carbocycles. The first-order chi connectivity index (χ1) is 11.1. The van der Waals surface area contributed by atoms with E-state index in [1.54, 1.807) is 6.20 Å². The molecule has 0 aromatic carbocycles. The van der Waals surface area contributed by atoms with Crippen molar-refractivity contribution in [2.24, 2.45) is 10.3 Å². The van der Waals surface area contributed by atoms with Gasteiger partial charge in [-0.2, -0.15) is 10.2 Å². The molecule has 130 valence electrons. The Kier molecular flexibility index (Phi) is 6.85. The first-order valence-electron chi connectivity index (χ1n) is 7.25. The molecule has 1 aliphatic heterocycles. The maximum Gasteiger partial charge on any atom is 0.434 e. The second-order valence-corrected chi connectivity index (χ2v) is 6.00. The minimum absolute atomic E-state index is 0.179. The van der Waals surface area contributed by atoms with Gasteiger partial charge in [0.25, 0.3) is 0 Å². The lowest BCUT2D eigenvalue weighted by molar-refractivity contribution is -0.396. The fourth-order valence-electron chi connectivity index (χ4n) is 2.35. The summed E-state index contributed by atoms with van der Waals surface area (Å²) in [5.74, 6) is 4.55. The average Bonchev–Trinajstić information content (AvgIpc) is 2.97. The molecule has 0 saturated carbocycles. The number of nitrogens with one attached hydrogen (secondary N) is 1. The van der Waals surface area contributed by atoms with E-state index >= 15 is 0 Å². The smallest absolute Gasteiger partial charge is 0.390 e. The highest BCUT2D eigenvalue weighted by atomic mass is 32.2. The van der Waals surface area contributed by atoms with Gasteiger partial charge in [0.1, 0.15) is 6.20 Å². The molecule has 1 aliphatic rings. The summed E-state index contributed by atoms with van der Waals surface area (Å²) in [4.78, 5) is 16.9. The van der Waals surface area contributed by atoms with Crippen LogP contribution in [0.4, 0.5) is 5.95 Å². The number of nitro groups is 1. The maximum absolute atomic E-state index is 11.1. The van der Waals surface area contributed by atoms with Crippen LogP contribution in [0, 0.1) is 10.1 Å². The van der Waals surface area contributed by atoms with E-state index in [2.05, 4.69) is 23.8 Å². The number of imidazole rings is 1. The maximum atomic E-state index is 11.1. The second-order valence-electron chi connectivity index (χ2n) is 5.03. The molecule has 0 radical (unpaired) electrons. The molecule has 3 N–H and O–H groups in total. The minimum Gasteiger partial charge on any atom is -0.390 e. The summed E-state index contributed by atoms with van der Waals surface area (Å²) in [6.45, 7) is 5.13. The Bertz CT molecular complexity index is 608. The van der Waals surface area contributed by atoms with Crippen molar-refractivity contribution in [3.8, 4) is 0 Å². The van der Waals surface area contributed by atoms with Crippen molar-refractivity contribution in [2.45, 2.75) is 13.0 Å². The summed E-state index contributed by atoms with van der Waals surface area (Å²) in [5, 5.41) is 14.4. The number of nitrogens with two attached hydrogens (primary N) is 1. The van der Waals surface area contributed by atoms with Gasteiger partial charge in [0, 0.05) is 39.1 Å². The molecule has 1 fully saturated rings. The highest BCUT2D eigenvalue weighted by molar-refractivity contribution is 7.69. The van der Waals surface area contributed by atoms with Crippen LogP contribution in [-0.4, -0.2) is 62.9 Å². The fourth-order valence-corrected chi connectivity index (χ4v) is 2.68. The largest absolute Gasteiger partial charge is 0.434 e. The molecule has 0 amide bonds. The van der Waals surface area contributed by atoms with Gasteiger partial charge in [-0.15, -0.1) is 0 Å². The van der Waals surface area contributed by atoms with Gasteiger partial charge in [0.2, 0.25) is 0 Å². The summed E-state index contributed by atoms with van der Waals surface area (Å²) in [6.07, 6.45) is 1.98. The van der Waals surface area contributed by atoms with Crippen molar-refractivity contribution in [2.75, 3.05) is 39.3 Å². The van der Waals surface area contributed by atoms with E-state index in [1.807, 2.05) is 0 Å². The van der Waals surface area contributed by atoms with Gasteiger partial charge in [-0.05, 0) is 4.92 Å². The number of hydrogen-bond acceptors (Lipinski definition) is 9. The highest BCUT2D eigenvalue weighted by Gasteiger charge is 2.20. The van der Waals surface area contributed by atoms with E-state index in [4.69, 9.17) is 5.90 Å². The topological polar surface area (TPSA) is 141 Å². The molecule has 23 heavy (non-hydrogen) atoms. The van der Waals surface area contributed by atoms with Crippen molar-refractivity contribution in [1.82, 2.24) is 19.8 Å². The van der Waals surface area contributed by atoms with Gasteiger partial charge in [0.15, 0.2) is 16.6 Å². The predicted molar refractivity (Wildman–Crippen MR) is 84.0 cm³/mol. The molecular weight excluding hydrogens is 326 g/mol. The van der Waals surface area contributed by atoms with E-state index < -0.39 is 15.8 Å². The Balaban J connectivity index is 1.97. The van der Waals surface area contributed by atoms with Crippen LogP contribution in [0.15, 0.2) is 10.6 Å². The molecule has 11 nitrogen and oxygen atoms in total. The number of piperazine rings is 1. The van der Waals surface area contributed by atoms with E-state index in [9.17, 15) is 14.3 Å². The molecule has 2 rings (SSSR count). The fraction of sp³-hybridized carbons (Fsp3) is 0.727. The Labute approximate surface area is 135 Å². The molecule has 12 heteroatoms. The third-order valence-electron chi connectivity index (χ3n) is 3.51. The van der Waals surface area contributed by atoms with Crippen molar-refractivity contribution in [1.29, 1.82) is 0 Å². The van der Waals surface area contributed by atoms with E-state index in [0.29, 0.717) is 18.7 Å². The van der Waals surface area contributed by atoms with Gasteiger partial charge in [0.05, 0.1) is 13.1 Å². The molecule has 1 saturated heterocycles. The molecular formula is C11H21N7O4S. The van der Waals surface area contributed by atoms with E-state index in [-0.39, 0.29) is 12.5 Å². The van der Waals surface area contributed by atoms with E-state index in [0.717, 1.165) is 32.7 Å². The van der Waals surface area contributed by atoms with Gasteiger partial charge in [-0.1, -0.05) is 4.98 Å². The lowest BCUT2D eigenvalue weighted by atomic mass is 10.3. The van der Waals surface area contributed by atoms with Crippen LogP contribution < -0.4 is 11.2 Å². The molecule has 0 bridgehead atoms. The SMILES string of the molecule is NO[SH](=O)=NCCc1cn(CCN2CCNCC2)c([N+](=O)[O-])n1. The van der Waals surface area contributed by atoms with E-state index in [1.165, 1.54) is 4.57 Å². The van der Waals surface area contributed by atoms with Crippen LogP contribution in [-0.2, 0) is 28.1 Å². The van der Waals surface area contributed by atoms with Crippen molar-refractivity contribution in [3.05, 3.63) is 22.0 Å². The first-order valence-corrected chi connectivity index (χ1v) is 8.38. The van der Waals surface area contributed by atoms with Gasteiger partial charge in [-0.25, -0.2) is 13.1 Å². The van der Waals surface area contributed by atoms with Gasteiger partial charge < -0.3 is 15.4 Å². The van der Waals surface area contributed by atoms with Crippen LogP contribution >= 0.6 is 0 Å². The number of thiol groups is 1. The molecule has 1 aromatic rings. The van der Waals surface area contributed by atoms with Crippen LogP contribution in [0.2, 0.25) is 0 Å². The zero-order chi connectivity index (χ0) is 16.7. The number of hydrogen-bond donors (Lipinski definition) is 3. The average molecular weight is 347 g/mol. The molecule has 2 heterocycles. The summed E-state index contributed by atoms with van der Waals surface area (Å²) in [5.41, 5.74) is 0.529. The second kappa shape index (κ2) is 8.88. The zero-order valence-corrected chi connectivity index (χ0v) is 13.5. The van der Waals surface area contributed by atoms with Crippen LogP contribution in [0.1, 0.15) is 5.69 Å². The van der Waals surface area contributed by atoms with Crippen LogP contribution in [0.25, 0.3) is 0 Å². The first kappa shape index (κ1) is 17.7. The Morgan fingerprint density at radius 2 is 2.22 bits per heavy atom. The predicted octanol–water partition coefficient (Wildman–Crippen LogP) is -1.29. The van der Waals surface area contributed by atoms with Crippen molar-refractivity contribution >= 4 is 16.8 Å². The lowest BCUT2D eigenvalue weighted by Crippen LogP contribution is -2.44. The quantitative estimate of drug-likeness (QED) is 0.300. The molecule has 0 spiro atoms. The van der Waals surface area contributed by atoms with Gasteiger partial charge in [-0.3, -0.25) is 4.90 Å².